The second-order valence-electron chi connectivity index (χ2n) is 5.06. The molecule has 1 fully saturated rings. The van der Waals surface area contributed by atoms with Crippen molar-refractivity contribution in [3.05, 3.63) is 42.5 Å². The normalized spacial score (nSPS) is 19.7. The summed E-state index contributed by atoms with van der Waals surface area (Å²) >= 11 is 0. The molecule has 1 aliphatic heterocycles. The zero-order valence-corrected chi connectivity index (χ0v) is 12.4. The summed E-state index contributed by atoms with van der Waals surface area (Å²) in [5, 5.41) is 4.88. The molecule has 1 aliphatic rings. The van der Waals surface area contributed by atoms with Gasteiger partial charge in [-0.05, 0) is 11.5 Å². The predicted octanol–water partition coefficient (Wildman–Crippen LogP) is 1.11. The molecule has 1 atom stereocenters. The molecule has 0 radical (unpaired) electrons. The largest absolute Gasteiger partial charge is 0.378 e. The summed E-state index contributed by atoms with van der Waals surface area (Å²) in [6, 6.07) is 12.8. The van der Waals surface area contributed by atoms with Crippen LogP contribution in [-0.4, -0.2) is 40.8 Å². The van der Waals surface area contributed by atoms with Gasteiger partial charge in [0.25, 0.3) is 0 Å². The van der Waals surface area contributed by atoms with Crippen LogP contribution >= 0.6 is 0 Å². The fraction of sp³-hybridized carbons (Fsp3) is 0.333. The highest BCUT2D eigenvalue weighted by atomic mass is 32.2. The molecule has 0 amide bonds. The first-order valence-electron chi connectivity index (χ1n) is 6.95. The number of sulfonamides is 1. The zero-order chi connectivity index (χ0) is 14.7. The van der Waals surface area contributed by atoms with Gasteiger partial charge in [-0.2, -0.15) is 0 Å². The Balaban J connectivity index is 1.83. The topological polar surface area (TPSA) is 67.4 Å². The Morgan fingerprint density at radius 1 is 1.19 bits per heavy atom. The molecule has 1 heterocycles. The number of rotatable bonds is 4. The van der Waals surface area contributed by atoms with E-state index < -0.39 is 10.0 Å². The number of hydrogen-bond acceptors (Lipinski definition) is 4. The molecule has 112 valence electrons. The third kappa shape index (κ3) is 3.24. The van der Waals surface area contributed by atoms with Crippen LogP contribution in [0.15, 0.2) is 47.4 Å². The van der Waals surface area contributed by atoms with Crippen LogP contribution in [0.25, 0.3) is 10.8 Å². The second-order valence-corrected chi connectivity index (χ2v) is 6.79. The van der Waals surface area contributed by atoms with E-state index in [-0.39, 0.29) is 6.04 Å². The van der Waals surface area contributed by atoms with Gasteiger partial charge in [0.2, 0.25) is 10.0 Å². The molecule has 1 saturated heterocycles. The first-order valence-corrected chi connectivity index (χ1v) is 8.44. The van der Waals surface area contributed by atoms with Crippen molar-refractivity contribution in [2.45, 2.75) is 10.9 Å². The minimum Gasteiger partial charge on any atom is -0.378 e. The van der Waals surface area contributed by atoms with Crippen molar-refractivity contribution in [1.29, 1.82) is 0 Å². The van der Waals surface area contributed by atoms with E-state index in [0.29, 0.717) is 24.7 Å². The maximum Gasteiger partial charge on any atom is 0.241 e. The van der Waals surface area contributed by atoms with E-state index in [1.54, 1.807) is 12.1 Å². The molecule has 1 unspecified atom stereocenters. The fourth-order valence-corrected chi connectivity index (χ4v) is 3.78. The summed E-state index contributed by atoms with van der Waals surface area (Å²) in [7, 11) is -3.53. The average molecular weight is 306 g/mol. The van der Waals surface area contributed by atoms with Crippen LogP contribution in [0.3, 0.4) is 0 Å². The van der Waals surface area contributed by atoms with Crippen LogP contribution in [0.4, 0.5) is 0 Å². The van der Waals surface area contributed by atoms with Crippen molar-refractivity contribution >= 4 is 20.8 Å². The maximum absolute atomic E-state index is 12.5. The van der Waals surface area contributed by atoms with Gasteiger partial charge in [-0.3, -0.25) is 0 Å². The second kappa shape index (κ2) is 6.11. The monoisotopic (exact) mass is 306 g/mol. The highest BCUT2D eigenvalue weighted by Crippen LogP contribution is 2.22. The Labute approximate surface area is 124 Å². The van der Waals surface area contributed by atoms with Crippen LogP contribution in [0.1, 0.15) is 0 Å². The highest BCUT2D eigenvalue weighted by molar-refractivity contribution is 7.89. The fourth-order valence-electron chi connectivity index (χ4n) is 2.47. The first-order chi connectivity index (χ1) is 10.2. The molecule has 5 nitrogen and oxygen atoms in total. The number of benzene rings is 2. The molecular formula is C15H18N2O3S. The third-order valence-corrected chi connectivity index (χ3v) is 5.04. The molecule has 3 rings (SSSR count). The van der Waals surface area contributed by atoms with E-state index in [0.717, 1.165) is 17.3 Å². The van der Waals surface area contributed by atoms with Crippen LogP contribution in [-0.2, 0) is 14.8 Å². The lowest BCUT2D eigenvalue weighted by atomic mass is 10.1. The van der Waals surface area contributed by atoms with Crippen molar-refractivity contribution in [1.82, 2.24) is 10.0 Å². The molecule has 6 heteroatoms. The average Bonchev–Trinajstić information content (AvgIpc) is 2.53. The van der Waals surface area contributed by atoms with E-state index in [2.05, 4.69) is 10.0 Å². The molecule has 2 aromatic rings. The molecular weight excluding hydrogens is 288 g/mol. The first kappa shape index (κ1) is 14.5. The van der Waals surface area contributed by atoms with Crippen molar-refractivity contribution < 1.29 is 13.2 Å². The van der Waals surface area contributed by atoms with E-state index >= 15 is 0 Å². The molecule has 0 bridgehead atoms. The van der Waals surface area contributed by atoms with Crippen LogP contribution in [0.5, 0.6) is 0 Å². The molecule has 2 aromatic carbocycles. The summed E-state index contributed by atoms with van der Waals surface area (Å²) in [5.41, 5.74) is 0. The number of fused-ring (bicyclic) bond motifs is 1. The van der Waals surface area contributed by atoms with Gasteiger partial charge in [0.1, 0.15) is 0 Å². The predicted molar refractivity (Wildman–Crippen MR) is 81.7 cm³/mol. The number of ether oxygens (including phenoxy) is 1. The van der Waals surface area contributed by atoms with Crippen LogP contribution in [0, 0.1) is 0 Å². The maximum atomic E-state index is 12.5. The summed E-state index contributed by atoms with van der Waals surface area (Å²) in [6.45, 7) is 2.27. The lowest BCUT2D eigenvalue weighted by Gasteiger charge is -2.24. The molecule has 0 spiro atoms. The molecule has 21 heavy (non-hydrogen) atoms. The SMILES string of the molecule is O=S(=O)(NCC1COCCN1)c1cccc2ccccc12. The molecule has 2 N–H and O–H groups in total. The summed E-state index contributed by atoms with van der Waals surface area (Å²) in [4.78, 5) is 0.317. The number of morpholine rings is 1. The Morgan fingerprint density at radius 3 is 2.81 bits per heavy atom. The van der Waals surface area contributed by atoms with Crippen LogP contribution < -0.4 is 10.0 Å². The Morgan fingerprint density at radius 2 is 2.00 bits per heavy atom. The lowest BCUT2D eigenvalue weighted by Crippen LogP contribution is -2.48. The van der Waals surface area contributed by atoms with Gasteiger partial charge >= 0.3 is 0 Å². The third-order valence-electron chi connectivity index (χ3n) is 3.56. The Kier molecular flexibility index (Phi) is 4.21. The summed E-state index contributed by atoms with van der Waals surface area (Å²) in [6.07, 6.45) is 0. The van der Waals surface area contributed by atoms with Crippen molar-refractivity contribution in [3.8, 4) is 0 Å². The smallest absolute Gasteiger partial charge is 0.241 e. The van der Waals surface area contributed by atoms with Crippen molar-refractivity contribution in [2.75, 3.05) is 26.3 Å². The van der Waals surface area contributed by atoms with Gasteiger partial charge in [-0.25, -0.2) is 13.1 Å². The number of hydrogen-bond donors (Lipinski definition) is 2. The summed E-state index contributed by atoms with van der Waals surface area (Å²) < 4.78 is 33.0. The Hall–Kier alpha value is -1.47. The minimum atomic E-state index is -3.53. The standard InChI is InChI=1S/C15H18N2O3S/c18-21(19,17-10-13-11-20-9-8-16-13)15-7-3-5-12-4-1-2-6-14(12)15/h1-7,13,16-17H,8-11H2. The Bertz CT molecular complexity index is 719. The van der Waals surface area contributed by atoms with Gasteiger partial charge in [0, 0.05) is 24.5 Å². The van der Waals surface area contributed by atoms with E-state index in [4.69, 9.17) is 4.74 Å². The van der Waals surface area contributed by atoms with Crippen molar-refractivity contribution in [3.63, 3.8) is 0 Å². The van der Waals surface area contributed by atoms with Gasteiger partial charge in [0.05, 0.1) is 18.1 Å². The number of nitrogens with one attached hydrogen (secondary N) is 2. The molecule has 0 saturated carbocycles. The van der Waals surface area contributed by atoms with Gasteiger partial charge < -0.3 is 10.1 Å². The van der Waals surface area contributed by atoms with Crippen molar-refractivity contribution in [2.24, 2.45) is 0 Å². The minimum absolute atomic E-state index is 0.0171. The molecule has 0 aliphatic carbocycles. The van der Waals surface area contributed by atoms with Gasteiger partial charge in [-0.15, -0.1) is 0 Å². The van der Waals surface area contributed by atoms with E-state index in [1.807, 2.05) is 30.3 Å². The van der Waals surface area contributed by atoms with Crippen LogP contribution in [0.2, 0.25) is 0 Å². The zero-order valence-electron chi connectivity index (χ0n) is 11.6. The van der Waals surface area contributed by atoms with Gasteiger partial charge in [0.15, 0.2) is 0 Å². The summed E-state index contributed by atoms with van der Waals surface area (Å²) in [5.74, 6) is 0. The highest BCUT2D eigenvalue weighted by Gasteiger charge is 2.20. The lowest BCUT2D eigenvalue weighted by molar-refractivity contribution is 0.0784. The quantitative estimate of drug-likeness (QED) is 0.888. The van der Waals surface area contributed by atoms with Gasteiger partial charge in [-0.1, -0.05) is 36.4 Å². The molecule has 0 aromatic heterocycles. The van der Waals surface area contributed by atoms with E-state index in [9.17, 15) is 8.42 Å². The van der Waals surface area contributed by atoms with E-state index in [1.165, 1.54) is 0 Å².